The van der Waals surface area contributed by atoms with E-state index in [0.29, 0.717) is 64.7 Å². The molecule has 0 radical (unpaired) electrons. The smallest absolute Gasteiger partial charge is 0.449 e. The van der Waals surface area contributed by atoms with E-state index in [4.69, 9.17) is 43.2 Å². The molecule has 310 valence electrons. The summed E-state index contributed by atoms with van der Waals surface area (Å²) >= 11 is 0. The van der Waals surface area contributed by atoms with E-state index in [1.807, 2.05) is 9.80 Å². The number of ether oxygens (including phenoxy) is 5. The van der Waals surface area contributed by atoms with E-state index in [9.17, 15) is 26.3 Å². The molecular formula is C38H52F6N2O9. The van der Waals surface area contributed by atoms with Crippen LogP contribution in [0.5, 0.6) is 0 Å². The van der Waals surface area contributed by atoms with E-state index in [1.54, 1.807) is 13.8 Å². The summed E-state index contributed by atoms with van der Waals surface area (Å²) in [5, 5.41) is 0. The number of rotatable bonds is 7. The van der Waals surface area contributed by atoms with Crippen molar-refractivity contribution in [1.82, 2.24) is 9.80 Å². The van der Waals surface area contributed by atoms with Crippen LogP contribution in [0.4, 0.5) is 26.3 Å². The lowest BCUT2D eigenvalue weighted by Gasteiger charge is -2.57. The molecule has 0 aromatic carbocycles. The molecule has 0 aromatic rings. The lowest BCUT2D eigenvalue weighted by atomic mass is 9.59. The second kappa shape index (κ2) is 13.4. The largest absolute Gasteiger partial charge is 0.456 e. The van der Waals surface area contributed by atoms with E-state index in [1.165, 1.54) is 0 Å². The number of piperazine rings is 1. The number of halogens is 6. The van der Waals surface area contributed by atoms with E-state index in [2.05, 4.69) is 13.8 Å². The van der Waals surface area contributed by atoms with Crippen LogP contribution in [0.15, 0.2) is 22.7 Å². The van der Waals surface area contributed by atoms with E-state index >= 15 is 0 Å². The first kappa shape index (κ1) is 38.8. The Morgan fingerprint density at radius 1 is 0.636 bits per heavy atom. The van der Waals surface area contributed by atoms with Gasteiger partial charge in [-0.25, -0.2) is 19.6 Å². The number of hydrogen-bond acceptors (Lipinski definition) is 11. The number of alkyl halides is 6. The van der Waals surface area contributed by atoms with Crippen LogP contribution in [-0.2, 0) is 43.2 Å². The number of hydrogen-bond donors (Lipinski definition) is 0. The van der Waals surface area contributed by atoms with Crippen LogP contribution >= 0.6 is 0 Å². The van der Waals surface area contributed by atoms with Gasteiger partial charge in [0.2, 0.25) is 35.7 Å². The van der Waals surface area contributed by atoms with Gasteiger partial charge in [-0.3, -0.25) is 9.80 Å². The zero-order chi connectivity index (χ0) is 38.8. The third-order valence-electron chi connectivity index (χ3n) is 14.5. The quantitative estimate of drug-likeness (QED) is 0.150. The summed E-state index contributed by atoms with van der Waals surface area (Å²) in [4.78, 5) is 27.7. The average Bonchev–Trinajstić information content (AvgIpc) is 3.50. The Bertz CT molecular complexity index is 1570. The molecule has 55 heavy (non-hydrogen) atoms. The molecule has 12 atom stereocenters. The Hall–Kier alpha value is -1.70. The van der Waals surface area contributed by atoms with Gasteiger partial charge in [0.15, 0.2) is 11.2 Å². The van der Waals surface area contributed by atoms with Crippen molar-refractivity contribution >= 4 is 0 Å². The molecule has 4 bridgehead atoms. The van der Waals surface area contributed by atoms with Gasteiger partial charge in [-0.15, -0.1) is 0 Å². The van der Waals surface area contributed by atoms with Crippen molar-refractivity contribution in [3.05, 3.63) is 22.7 Å². The van der Waals surface area contributed by atoms with Gasteiger partial charge in [0.1, 0.15) is 0 Å². The fraction of sp³-hybridized carbons (Fsp3) is 0.895. The van der Waals surface area contributed by atoms with Crippen molar-refractivity contribution in [3.63, 3.8) is 0 Å². The van der Waals surface area contributed by atoms with Crippen molar-refractivity contribution in [2.24, 2.45) is 35.5 Å². The minimum absolute atomic E-state index is 0.0115. The maximum absolute atomic E-state index is 14.7. The summed E-state index contributed by atoms with van der Waals surface area (Å²) in [6.07, 6.45) is -7.10. The second-order valence-corrected chi connectivity index (χ2v) is 17.8. The van der Waals surface area contributed by atoms with Crippen LogP contribution < -0.4 is 0 Å². The van der Waals surface area contributed by atoms with Crippen molar-refractivity contribution in [2.75, 3.05) is 46.1 Å². The molecule has 9 heterocycles. The highest BCUT2D eigenvalue weighted by Crippen LogP contribution is 2.63. The first-order chi connectivity index (χ1) is 26.0. The van der Waals surface area contributed by atoms with Gasteiger partial charge < -0.3 is 23.7 Å². The zero-order valence-corrected chi connectivity index (χ0v) is 31.8. The average molecular weight is 795 g/mol. The highest BCUT2D eigenvalue weighted by molar-refractivity contribution is 5.30. The summed E-state index contributed by atoms with van der Waals surface area (Å²) in [6, 6.07) is 0. The number of nitrogens with zero attached hydrogens (tertiary/aromatic N) is 2. The topological polar surface area (TPSA) is 89.6 Å². The monoisotopic (exact) mass is 794 g/mol. The molecule has 0 amide bonds. The molecular weight excluding hydrogens is 742 g/mol. The third-order valence-corrected chi connectivity index (χ3v) is 14.5. The van der Waals surface area contributed by atoms with Gasteiger partial charge in [0.25, 0.3) is 0 Å². The minimum Gasteiger partial charge on any atom is -0.456 e. The lowest BCUT2D eigenvalue weighted by Crippen LogP contribution is -2.68. The molecule has 0 unspecified atom stereocenters. The van der Waals surface area contributed by atoms with Crippen LogP contribution in [-0.4, -0.2) is 104 Å². The first-order valence-corrected chi connectivity index (χ1v) is 20.0. The molecule has 17 heteroatoms. The molecule has 9 aliphatic heterocycles. The predicted molar refractivity (Wildman–Crippen MR) is 177 cm³/mol. The van der Waals surface area contributed by atoms with E-state index < -0.39 is 71.1 Å². The van der Waals surface area contributed by atoms with Gasteiger partial charge in [-0.05, 0) is 81.8 Å². The Morgan fingerprint density at radius 2 is 1.11 bits per heavy atom. The summed E-state index contributed by atoms with van der Waals surface area (Å²) in [5.74, 6) is -5.42. The molecule has 11 nitrogen and oxygen atoms in total. The van der Waals surface area contributed by atoms with Crippen LogP contribution in [0.3, 0.4) is 0 Å². The molecule has 0 N–H and O–H groups in total. The number of fused-ring (bicyclic) bond motifs is 4. The predicted octanol–water partition coefficient (Wildman–Crippen LogP) is 7.09. The van der Waals surface area contributed by atoms with Gasteiger partial charge in [0, 0.05) is 69.2 Å². The molecule has 0 aromatic heterocycles. The Labute approximate surface area is 316 Å². The van der Waals surface area contributed by atoms with Crippen LogP contribution in [0.1, 0.15) is 85.5 Å². The fourth-order valence-electron chi connectivity index (χ4n) is 11.6. The Morgan fingerprint density at radius 3 is 1.62 bits per heavy atom. The lowest BCUT2D eigenvalue weighted by molar-refractivity contribution is -0.557. The molecule has 2 spiro atoms. The summed E-state index contributed by atoms with van der Waals surface area (Å²) in [6.45, 7) is 9.72. The van der Waals surface area contributed by atoms with Crippen molar-refractivity contribution < 1.29 is 69.6 Å². The van der Waals surface area contributed by atoms with Crippen molar-refractivity contribution in [3.8, 4) is 0 Å². The van der Waals surface area contributed by atoms with Crippen LogP contribution in [0.2, 0.25) is 0 Å². The summed E-state index contributed by atoms with van der Waals surface area (Å²) in [5.41, 5.74) is -2.07. The van der Waals surface area contributed by atoms with E-state index in [-0.39, 0.29) is 61.1 Å². The molecule has 11 aliphatic rings. The van der Waals surface area contributed by atoms with Crippen molar-refractivity contribution in [2.45, 2.75) is 133 Å². The van der Waals surface area contributed by atoms with Gasteiger partial charge in [-0.1, -0.05) is 13.8 Å². The van der Waals surface area contributed by atoms with Gasteiger partial charge >= 0.3 is 12.4 Å². The molecule has 7 saturated heterocycles. The fourth-order valence-corrected chi connectivity index (χ4v) is 11.6. The highest BCUT2D eigenvalue weighted by atomic mass is 19.4. The summed E-state index contributed by atoms with van der Waals surface area (Å²) < 4.78 is 117. The molecule has 2 saturated carbocycles. The Kier molecular flexibility index (Phi) is 9.46. The van der Waals surface area contributed by atoms with Crippen LogP contribution in [0, 0.1) is 35.5 Å². The van der Waals surface area contributed by atoms with Gasteiger partial charge in [0.05, 0.1) is 13.3 Å². The van der Waals surface area contributed by atoms with Crippen LogP contribution in [0.25, 0.3) is 0 Å². The minimum atomic E-state index is -4.73. The third kappa shape index (κ3) is 6.27. The standard InChI is InChI=1S/C38H52F6N2O9/c1-21-5-7-27-23(29(37(39,40)41)48-31-35(27)25(21)9-12-33(3,50-31)52-54-35)11-18-47-20-46-16-14-45(15-17-46)19-24-28-8-6-22(2)26-10-13-34(4)51-32(36(26,28)55-53-34)49-30(24)38(42,43)44/h21-22,25-28,31-32H,5-20H2,1-4H3/t21-,22-,25+,26+,27+,28+,31-,32-,33-,34-,35-,36-/m1/s1. The van der Waals surface area contributed by atoms with Crippen molar-refractivity contribution in [1.29, 1.82) is 0 Å². The second-order valence-electron chi connectivity index (χ2n) is 17.8. The molecule has 11 rings (SSSR count). The molecule has 2 aliphatic carbocycles. The Balaban J connectivity index is 0.856. The normalized spacial score (nSPS) is 46.1. The first-order valence-electron chi connectivity index (χ1n) is 20.0. The number of allylic oxidation sites excluding steroid dienone is 2. The maximum atomic E-state index is 14.7. The maximum Gasteiger partial charge on any atom is 0.449 e. The highest BCUT2D eigenvalue weighted by Gasteiger charge is 2.72. The van der Waals surface area contributed by atoms with Gasteiger partial charge in [-0.2, -0.15) is 26.3 Å². The zero-order valence-electron chi connectivity index (χ0n) is 31.8. The SMILES string of the molecule is C[C@@H]1CC[C@H]2C(CCOCN3CCN(CC4=C(C(F)(F)F)O[C@@H]5O[C@@]6(C)CC[C@H]7[C@H](C)CC[C@@H]4[C@@]57OO6)CC3)=C(C(F)(F)F)O[C@@H]3O[C@@]4(C)CC[C@@H]1[C@]32OO4. The molecule has 9 fully saturated rings. The van der Waals surface area contributed by atoms with E-state index in [0.717, 1.165) is 12.8 Å². The summed E-state index contributed by atoms with van der Waals surface area (Å²) in [7, 11) is 0.